The van der Waals surface area contributed by atoms with Gasteiger partial charge in [0.05, 0.1) is 0 Å². The summed E-state index contributed by atoms with van der Waals surface area (Å²) in [6.45, 7) is 7.83. The highest BCUT2D eigenvalue weighted by Gasteiger charge is 2.47. The van der Waals surface area contributed by atoms with Crippen molar-refractivity contribution in [2.24, 2.45) is 0 Å². The average molecular weight is 315 g/mol. The van der Waals surface area contributed by atoms with E-state index < -0.39 is 11.5 Å². The maximum Gasteiger partial charge on any atom is 0.329 e. The number of aryl methyl sites for hydroxylation is 3. The van der Waals surface area contributed by atoms with E-state index in [0.717, 1.165) is 22.1 Å². The standard InChI is InChI=1S/C18H21NO4/c1-10-6-7-11(2)14-13(10)12(3)15(23-14)16(20)19-9-5-8-18(19,4)17(21)22/h6-7H,5,8-9H2,1-4H3,(H,21,22). The summed E-state index contributed by atoms with van der Waals surface area (Å²) in [6.07, 6.45) is 1.15. The molecule has 0 radical (unpaired) electrons. The summed E-state index contributed by atoms with van der Waals surface area (Å²) in [7, 11) is 0. The van der Waals surface area contributed by atoms with Crippen LogP contribution in [0.1, 0.15) is 47.0 Å². The molecule has 1 saturated heterocycles. The molecule has 1 atom stereocenters. The van der Waals surface area contributed by atoms with Crippen LogP contribution in [0.15, 0.2) is 16.5 Å². The second-order valence-electron chi connectivity index (χ2n) is 6.60. The van der Waals surface area contributed by atoms with Crippen LogP contribution < -0.4 is 0 Å². The molecule has 1 amide bonds. The van der Waals surface area contributed by atoms with Crippen LogP contribution in [0.3, 0.4) is 0 Å². The van der Waals surface area contributed by atoms with Crippen molar-refractivity contribution in [3.8, 4) is 0 Å². The number of carbonyl (C=O) groups is 2. The van der Waals surface area contributed by atoms with Gasteiger partial charge in [0.25, 0.3) is 5.91 Å². The van der Waals surface area contributed by atoms with E-state index in [0.29, 0.717) is 25.0 Å². The van der Waals surface area contributed by atoms with Gasteiger partial charge in [0.1, 0.15) is 11.1 Å². The molecule has 1 N–H and O–H groups in total. The Morgan fingerprint density at radius 3 is 2.48 bits per heavy atom. The number of furan rings is 1. The number of carboxylic acids is 1. The van der Waals surface area contributed by atoms with Gasteiger partial charge >= 0.3 is 5.97 Å². The Morgan fingerprint density at radius 2 is 1.87 bits per heavy atom. The normalized spacial score (nSPS) is 21.1. The maximum absolute atomic E-state index is 12.9. The molecule has 23 heavy (non-hydrogen) atoms. The molecular weight excluding hydrogens is 294 g/mol. The summed E-state index contributed by atoms with van der Waals surface area (Å²) in [5.41, 5.74) is 2.35. The third kappa shape index (κ3) is 2.14. The first-order chi connectivity index (χ1) is 10.8. The fourth-order valence-electron chi connectivity index (χ4n) is 3.51. The van der Waals surface area contributed by atoms with Gasteiger partial charge < -0.3 is 14.4 Å². The molecule has 1 aromatic carbocycles. The lowest BCUT2D eigenvalue weighted by Gasteiger charge is -2.30. The van der Waals surface area contributed by atoms with Crippen LogP contribution in [0, 0.1) is 20.8 Å². The number of aliphatic carboxylic acids is 1. The highest BCUT2D eigenvalue weighted by atomic mass is 16.4. The van der Waals surface area contributed by atoms with Gasteiger partial charge in [-0.2, -0.15) is 0 Å². The zero-order chi connectivity index (χ0) is 16.9. The van der Waals surface area contributed by atoms with Gasteiger partial charge in [0.2, 0.25) is 0 Å². The van der Waals surface area contributed by atoms with Crippen LogP contribution in [-0.4, -0.2) is 34.0 Å². The van der Waals surface area contributed by atoms with Crippen molar-refractivity contribution in [2.75, 3.05) is 6.54 Å². The minimum Gasteiger partial charge on any atom is -0.480 e. The summed E-state index contributed by atoms with van der Waals surface area (Å²) in [5.74, 6) is -1.05. The third-order valence-electron chi connectivity index (χ3n) is 5.02. The number of benzene rings is 1. The van der Waals surface area contributed by atoms with Crippen molar-refractivity contribution in [2.45, 2.75) is 46.1 Å². The predicted octanol–water partition coefficient (Wildman–Crippen LogP) is 3.44. The van der Waals surface area contributed by atoms with Crippen molar-refractivity contribution in [1.82, 2.24) is 4.90 Å². The van der Waals surface area contributed by atoms with E-state index in [4.69, 9.17) is 4.42 Å². The minimum absolute atomic E-state index is 0.256. The van der Waals surface area contributed by atoms with E-state index in [1.165, 1.54) is 4.90 Å². The Balaban J connectivity index is 2.12. The molecule has 5 nitrogen and oxygen atoms in total. The maximum atomic E-state index is 12.9. The number of likely N-dealkylation sites (tertiary alicyclic amines) is 1. The minimum atomic E-state index is -1.16. The van der Waals surface area contributed by atoms with Crippen molar-refractivity contribution >= 4 is 22.8 Å². The van der Waals surface area contributed by atoms with Crippen LogP contribution in [-0.2, 0) is 4.79 Å². The highest BCUT2D eigenvalue weighted by molar-refractivity contribution is 6.02. The number of fused-ring (bicyclic) bond motifs is 1. The molecule has 1 fully saturated rings. The van der Waals surface area contributed by atoms with Gasteiger partial charge in [-0.05, 0) is 51.7 Å². The first-order valence-corrected chi connectivity index (χ1v) is 7.82. The van der Waals surface area contributed by atoms with E-state index in [9.17, 15) is 14.7 Å². The summed E-state index contributed by atoms with van der Waals surface area (Å²) < 4.78 is 5.87. The van der Waals surface area contributed by atoms with Gasteiger partial charge in [-0.1, -0.05) is 12.1 Å². The molecule has 0 bridgehead atoms. The Morgan fingerprint density at radius 1 is 1.22 bits per heavy atom. The fourth-order valence-corrected chi connectivity index (χ4v) is 3.51. The van der Waals surface area contributed by atoms with Crippen molar-refractivity contribution in [1.29, 1.82) is 0 Å². The molecule has 1 aliphatic rings. The third-order valence-corrected chi connectivity index (χ3v) is 5.02. The molecule has 1 aliphatic heterocycles. The van der Waals surface area contributed by atoms with Crippen LogP contribution in [0.2, 0.25) is 0 Å². The molecular formula is C18H21NO4. The molecule has 3 rings (SSSR count). The van der Waals surface area contributed by atoms with E-state index in [1.54, 1.807) is 6.92 Å². The van der Waals surface area contributed by atoms with E-state index >= 15 is 0 Å². The molecule has 5 heteroatoms. The molecule has 2 aromatic rings. The Hall–Kier alpha value is -2.30. The lowest BCUT2D eigenvalue weighted by atomic mass is 9.98. The van der Waals surface area contributed by atoms with Gasteiger partial charge in [-0.25, -0.2) is 4.79 Å². The van der Waals surface area contributed by atoms with Gasteiger partial charge in [-0.3, -0.25) is 4.79 Å². The molecule has 1 aromatic heterocycles. The van der Waals surface area contributed by atoms with Crippen molar-refractivity contribution in [3.05, 3.63) is 34.6 Å². The van der Waals surface area contributed by atoms with Crippen molar-refractivity contribution < 1.29 is 19.1 Å². The molecule has 1 unspecified atom stereocenters. The second kappa shape index (κ2) is 5.11. The van der Waals surface area contributed by atoms with Crippen LogP contribution in [0.5, 0.6) is 0 Å². The van der Waals surface area contributed by atoms with Crippen molar-refractivity contribution in [3.63, 3.8) is 0 Å². The van der Waals surface area contributed by atoms with Crippen LogP contribution in [0.25, 0.3) is 11.0 Å². The first-order valence-electron chi connectivity index (χ1n) is 7.82. The number of nitrogens with zero attached hydrogens (tertiary/aromatic N) is 1. The predicted molar refractivity (Wildman–Crippen MR) is 86.7 cm³/mol. The Labute approximate surface area is 134 Å². The second-order valence-corrected chi connectivity index (χ2v) is 6.60. The quantitative estimate of drug-likeness (QED) is 0.921. The summed E-state index contributed by atoms with van der Waals surface area (Å²) >= 11 is 0. The summed E-state index contributed by atoms with van der Waals surface area (Å²) in [6, 6.07) is 3.97. The van der Waals surface area contributed by atoms with Crippen LogP contribution >= 0.6 is 0 Å². The molecule has 122 valence electrons. The van der Waals surface area contributed by atoms with Gasteiger partial charge in [0, 0.05) is 17.5 Å². The number of rotatable bonds is 2. The number of hydrogen-bond donors (Lipinski definition) is 1. The van der Waals surface area contributed by atoms with E-state index in [-0.39, 0.29) is 11.7 Å². The summed E-state index contributed by atoms with van der Waals surface area (Å²) in [4.78, 5) is 26.0. The number of amides is 1. The molecule has 0 saturated carbocycles. The fraction of sp³-hybridized carbons (Fsp3) is 0.444. The molecule has 0 aliphatic carbocycles. The zero-order valence-electron chi connectivity index (χ0n) is 13.9. The molecule has 2 heterocycles. The largest absolute Gasteiger partial charge is 0.480 e. The number of carboxylic acid groups (broad SMARTS) is 1. The van der Waals surface area contributed by atoms with Crippen LogP contribution in [0.4, 0.5) is 0 Å². The first kappa shape index (κ1) is 15.6. The lowest BCUT2D eigenvalue weighted by Crippen LogP contribution is -2.50. The average Bonchev–Trinajstić information content (AvgIpc) is 3.05. The Kier molecular flexibility index (Phi) is 3.47. The lowest BCUT2D eigenvalue weighted by molar-refractivity contribution is -0.147. The summed E-state index contributed by atoms with van der Waals surface area (Å²) in [5, 5.41) is 10.5. The van der Waals surface area contributed by atoms with E-state index in [2.05, 4.69) is 0 Å². The number of hydrogen-bond acceptors (Lipinski definition) is 3. The number of carbonyl (C=O) groups excluding carboxylic acids is 1. The monoisotopic (exact) mass is 315 g/mol. The zero-order valence-corrected chi connectivity index (χ0v) is 13.9. The topological polar surface area (TPSA) is 70.8 Å². The van der Waals surface area contributed by atoms with Gasteiger partial charge in [-0.15, -0.1) is 0 Å². The van der Waals surface area contributed by atoms with Gasteiger partial charge in [0.15, 0.2) is 5.76 Å². The Bertz CT molecular complexity index is 820. The molecule has 0 spiro atoms. The van der Waals surface area contributed by atoms with E-state index in [1.807, 2.05) is 32.9 Å². The highest BCUT2D eigenvalue weighted by Crippen LogP contribution is 2.35. The smallest absolute Gasteiger partial charge is 0.329 e. The SMILES string of the molecule is Cc1ccc(C)c2c(C)c(C(=O)N3CCCC3(C)C(=O)O)oc12.